The van der Waals surface area contributed by atoms with Gasteiger partial charge in [0.1, 0.15) is 0 Å². The summed E-state index contributed by atoms with van der Waals surface area (Å²) in [7, 11) is 0. The van der Waals surface area contributed by atoms with E-state index in [4.69, 9.17) is 0 Å². The van der Waals surface area contributed by atoms with E-state index >= 15 is 0 Å². The number of carbonyl (C=O) groups excluding carboxylic acids is 1. The number of nitrogens with one attached hydrogen (secondary N) is 2. The van der Waals surface area contributed by atoms with Gasteiger partial charge in [0.05, 0.1) is 12.2 Å². The first-order valence-corrected chi connectivity index (χ1v) is 6.66. The van der Waals surface area contributed by atoms with Crippen molar-refractivity contribution in [3.05, 3.63) is 59.9 Å². The topological polar surface area (TPSA) is 54.0 Å². The molecule has 0 aliphatic carbocycles. The molecule has 2 rings (SSSR count). The van der Waals surface area contributed by atoms with E-state index in [1.54, 1.807) is 6.20 Å². The first-order chi connectivity index (χ1) is 9.65. The van der Waals surface area contributed by atoms with E-state index in [1.165, 1.54) is 0 Å². The third kappa shape index (κ3) is 4.17. The number of aromatic nitrogens is 1. The maximum atomic E-state index is 11.9. The highest BCUT2D eigenvalue weighted by atomic mass is 16.1. The highest BCUT2D eigenvalue weighted by Gasteiger charge is 2.08. The van der Waals surface area contributed by atoms with Gasteiger partial charge in [-0.05, 0) is 43.7 Å². The van der Waals surface area contributed by atoms with Gasteiger partial charge in [-0.25, -0.2) is 0 Å². The van der Waals surface area contributed by atoms with Crippen molar-refractivity contribution in [3.63, 3.8) is 0 Å². The summed E-state index contributed by atoms with van der Waals surface area (Å²) >= 11 is 0. The minimum Gasteiger partial charge on any atom is -0.325 e. The zero-order valence-corrected chi connectivity index (χ0v) is 11.8. The molecule has 104 valence electrons. The molecule has 0 saturated carbocycles. The third-order valence-electron chi connectivity index (χ3n) is 3.00. The van der Waals surface area contributed by atoms with Crippen LogP contribution >= 0.6 is 0 Å². The van der Waals surface area contributed by atoms with Crippen molar-refractivity contribution in [1.29, 1.82) is 0 Å². The molecule has 0 radical (unpaired) electrons. The van der Waals surface area contributed by atoms with E-state index in [2.05, 4.69) is 15.6 Å². The molecular formula is C16H19N3O. The standard InChI is InChI=1S/C16H19N3O/c1-12-6-5-7-14(10-12)19-16(20)11-18-13(2)15-8-3-4-9-17-15/h3-10,13,18H,11H2,1-2H3,(H,19,20)/t13-/m1/s1. The van der Waals surface area contributed by atoms with Crippen LogP contribution in [-0.4, -0.2) is 17.4 Å². The van der Waals surface area contributed by atoms with E-state index in [0.29, 0.717) is 0 Å². The summed E-state index contributed by atoms with van der Waals surface area (Å²) in [5.41, 5.74) is 2.87. The molecule has 0 aliphatic heterocycles. The summed E-state index contributed by atoms with van der Waals surface area (Å²) in [6.07, 6.45) is 1.75. The van der Waals surface area contributed by atoms with E-state index in [9.17, 15) is 4.79 Å². The molecule has 4 heteroatoms. The molecule has 0 fully saturated rings. The van der Waals surface area contributed by atoms with E-state index in [1.807, 2.05) is 56.3 Å². The van der Waals surface area contributed by atoms with Crippen LogP contribution in [0.15, 0.2) is 48.7 Å². The van der Waals surface area contributed by atoms with E-state index in [0.717, 1.165) is 16.9 Å². The fraction of sp³-hybridized carbons (Fsp3) is 0.250. The van der Waals surface area contributed by atoms with Gasteiger partial charge in [-0.15, -0.1) is 0 Å². The van der Waals surface area contributed by atoms with Crippen molar-refractivity contribution in [2.24, 2.45) is 0 Å². The van der Waals surface area contributed by atoms with Gasteiger partial charge in [0, 0.05) is 17.9 Å². The second kappa shape index (κ2) is 6.82. The normalized spacial score (nSPS) is 11.9. The zero-order chi connectivity index (χ0) is 14.4. The van der Waals surface area contributed by atoms with Crippen molar-refractivity contribution in [2.75, 3.05) is 11.9 Å². The molecule has 1 aromatic carbocycles. The Morgan fingerprint density at radius 1 is 1.25 bits per heavy atom. The summed E-state index contributed by atoms with van der Waals surface area (Å²) in [5.74, 6) is -0.0571. The van der Waals surface area contributed by atoms with Crippen LogP contribution in [0.1, 0.15) is 24.2 Å². The van der Waals surface area contributed by atoms with Crippen LogP contribution in [0.5, 0.6) is 0 Å². The third-order valence-corrected chi connectivity index (χ3v) is 3.00. The molecule has 1 amide bonds. The maximum Gasteiger partial charge on any atom is 0.238 e. The van der Waals surface area contributed by atoms with Gasteiger partial charge >= 0.3 is 0 Å². The lowest BCUT2D eigenvalue weighted by Crippen LogP contribution is -2.30. The average Bonchev–Trinajstić information content (AvgIpc) is 2.46. The van der Waals surface area contributed by atoms with Gasteiger partial charge < -0.3 is 10.6 Å². The predicted molar refractivity (Wildman–Crippen MR) is 80.5 cm³/mol. The van der Waals surface area contributed by atoms with Gasteiger partial charge in [-0.1, -0.05) is 18.2 Å². The Bertz CT molecular complexity index is 569. The average molecular weight is 269 g/mol. The Balaban J connectivity index is 1.83. The molecule has 20 heavy (non-hydrogen) atoms. The molecule has 0 aliphatic rings. The molecular weight excluding hydrogens is 250 g/mol. The lowest BCUT2D eigenvalue weighted by Gasteiger charge is -2.13. The van der Waals surface area contributed by atoms with Crippen molar-refractivity contribution < 1.29 is 4.79 Å². The lowest BCUT2D eigenvalue weighted by atomic mass is 10.2. The van der Waals surface area contributed by atoms with Crippen molar-refractivity contribution in [2.45, 2.75) is 19.9 Å². The second-order valence-corrected chi connectivity index (χ2v) is 4.77. The van der Waals surface area contributed by atoms with Gasteiger partial charge in [0.2, 0.25) is 5.91 Å². The lowest BCUT2D eigenvalue weighted by molar-refractivity contribution is -0.115. The quantitative estimate of drug-likeness (QED) is 0.877. The number of anilines is 1. The number of benzene rings is 1. The van der Waals surface area contributed by atoms with Crippen LogP contribution in [0.4, 0.5) is 5.69 Å². The highest BCUT2D eigenvalue weighted by molar-refractivity contribution is 5.92. The number of rotatable bonds is 5. The Labute approximate surface area is 119 Å². The predicted octanol–water partition coefficient (Wildman–Crippen LogP) is 2.68. The summed E-state index contributed by atoms with van der Waals surface area (Å²) in [4.78, 5) is 16.1. The molecule has 0 unspecified atom stereocenters. The van der Waals surface area contributed by atoms with Crippen LogP contribution in [0.25, 0.3) is 0 Å². The van der Waals surface area contributed by atoms with Crippen LogP contribution in [-0.2, 0) is 4.79 Å². The smallest absolute Gasteiger partial charge is 0.238 e. The van der Waals surface area contributed by atoms with Crippen LogP contribution in [0.3, 0.4) is 0 Å². The summed E-state index contributed by atoms with van der Waals surface area (Å²) in [6, 6.07) is 13.5. The molecule has 0 saturated heterocycles. The Morgan fingerprint density at radius 3 is 2.80 bits per heavy atom. The monoisotopic (exact) mass is 269 g/mol. The van der Waals surface area contributed by atoms with Crippen molar-refractivity contribution in [1.82, 2.24) is 10.3 Å². The second-order valence-electron chi connectivity index (χ2n) is 4.77. The minimum atomic E-state index is -0.0571. The number of hydrogen-bond donors (Lipinski definition) is 2. The highest BCUT2D eigenvalue weighted by Crippen LogP contribution is 2.10. The van der Waals surface area contributed by atoms with Crippen molar-refractivity contribution >= 4 is 11.6 Å². The SMILES string of the molecule is Cc1cccc(NC(=O)CN[C@H](C)c2ccccn2)c1. The fourth-order valence-electron chi connectivity index (χ4n) is 1.91. The number of carbonyl (C=O) groups is 1. The molecule has 1 heterocycles. The first kappa shape index (κ1) is 14.2. The number of aryl methyl sites for hydroxylation is 1. The van der Waals surface area contributed by atoms with E-state index in [-0.39, 0.29) is 18.5 Å². The van der Waals surface area contributed by atoms with Crippen LogP contribution < -0.4 is 10.6 Å². The Kier molecular flexibility index (Phi) is 4.85. The maximum absolute atomic E-state index is 11.9. The van der Waals surface area contributed by atoms with Gasteiger partial charge in [0.25, 0.3) is 0 Å². The molecule has 2 N–H and O–H groups in total. The number of hydrogen-bond acceptors (Lipinski definition) is 3. The van der Waals surface area contributed by atoms with Gasteiger partial charge in [-0.2, -0.15) is 0 Å². The molecule has 4 nitrogen and oxygen atoms in total. The van der Waals surface area contributed by atoms with Crippen LogP contribution in [0, 0.1) is 6.92 Å². The summed E-state index contributed by atoms with van der Waals surface area (Å²) in [6.45, 7) is 4.24. The minimum absolute atomic E-state index is 0.0412. The summed E-state index contributed by atoms with van der Waals surface area (Å²) in [5, 5.41) is 6.03. The van der Waals surface area contributed by atoms with Gasteiger partial charge in [-0.3, -0.25) is 9.78 Å². The van der Waals surface area contributed by atoms with Crippen molar-refractivity contribution in [3.8, 4) is 0 Å². The zero-order valence-electron chi connectivity index (χ0n) is 11.8. The summed E-state index contributed by atoms with van der Waals surface area (Å²) < 4.78 is 0. The Morgan fingerprint density at radius 2 is 2.10 bits per heavy atom. The fourth-order valence-corrected chi connectivity index (χ4v) is 1.91. The Hall–Kier alpha value is -2.20. The first-order valence-electron chi connectivity index (χ1n) is 6.66. The van der Waals surface area contributed by atoms with Gasteiger partial charge in [0.15, 0.2) is 0 Å². The number of amides is 1. The molecule has 2 aromatic rings. The molecule has 0 bridgehead atoms. The molecule has 0 spiro atoms. The van der Waals surface area contributed by atoms with E-state index < -0.39 is 0 Å². The molecule has 1 atom stereocenters. The van der Waals surface area contributed by atoms with Crippen LogP contribution in [0.2, 0.25) is 0 Å². The number of pyridine rings is 1. The largest absolute Gasteiger partial charge is 0.325 e. The molecule has 1 aromatic heterocycles. The number of nitrogens with zero attached hydrogens (tertiary/aromatic N) is 1.